The molecular weight excluding hydrogens is 254 g/mol. The minimum atomic E-state index is -0.101. The lowest BCUT2D eigenvalue weighted by molar-refractivity contribution is 0.660. The molecule has 0 radical (unpaired) electrons. The van der Waals surface area contributed by atoms with Gasteiger partial charge in [0.1, 0.15) is 0 Å². The van der Waals surface area contributed by atoms with Gasteiger partial charge in [-0.3, -0.25) is 9.78 Å². The standard InChI is InChI=1S/C14H19N5O/c1-19-9-8-18-13(14(19)20)17-7-3-6-16-11-12-4-2-5-15-10-12/h2,4-5,8-10,16H,3,6-7,11H2,1H3,(H,17,18). The highest BCUT2D eigenvalue weighted by Gasteiger charge is 2.00. The summed E-state index contributed by atoms with van der Waals surface area (Å²) in [7, 11) is 1.71. The maximum absolute atomic E-state index is 11.7. The first-order chi connectivity index (χ1) is 9.77. The summed E-state index contributed by atoms with van der Waals surface area (Å²) in [5.41, 5.74) is 1.06. The van der Waals surface area contributed by atoms with Crippen molar-refractivity contribution in [2.24, 2.45) is 7.05 Å². The molecule has 20 heavy (non-hydrogen) atoms. The number of nitrogens with one attached hydrogen (secondary N) is 2. The van der Waals surface area contributed by atoms with Crippen LogP contribution in [0, 0.1) is 0 Å². The van der Waals surface area contributed by atoms with E-state index in [4.69, 9.17) is 0 Å². The molecule has 0 atom stereocenters. The topological polar surface area (TPSA) is 71.8 Å². The molecular formula is C14H19N5O. The maximum Gasteiger partial charge on any atom is 0.293 e. The van der Waals surface area contributed by atoms with Crippen LogP contribution in [0.2, 0.25) is 0 Å². The zero-order chi connectivity index (χ0) is 14.2. The molecule has 6 heteroatoms. The van der Waals surface area contributed by atoms with Gasteiger partial charge in [0.2, 0.25) is 0 Å². The Kier molecular flexibility index (Phi) is 5.25. The summed E-state index contributed by atoms with van der Waals surface area (Å²) < 4.78 is 1.51. The Morgan fingerprint density at radius 1 is 1.30 bits per heavy atom. The summed E-state index contributed by atoms with van der Waals surface area (Å²) in [6.07, 6.45) is 7.79. The van der Waals surface area contributed by atoms with Crippen molar-refractivity contribution in [1.82, 2.24) is 19.9 Å². The van der Waals surface area contributed by atoms with Crippen LogP contribution in [0.25, 0.3) is 0 Å². The van der Waals surface area contributed by atoms with Crippen LogP contribution in [0.5, 0.6) is 0 Å². The van der Waals surface area contributed by atoms with E-state index in [1.54, 1.807) is 25.6 Å². The van der Waals surface area contributed by atoms with Gasteiger partial charge < -0.3 is 15.2 Å². The number of anilines is 1. The number of hydrogen-bond acceptors (Lipinski definition) is 5. The molecule has 0 aromatic carbocycles. The van der Waals surface area contributed by atoms with Crippen molar-refractivity contribution in [3.05, 3.63) is 52.8 Å². The summed E-state index contributed by atoms with van der Waals surface area (Å²) >= 11 is 0. The van der Waals surface area contributed by atoms with Crippen LogP contribution >= 0.6 is 0 Å². The zero-order valence-corrected chi connectivity index (χ0v) is 11.5. The quantitative estimate of drug-likeness (QED) is 0.729. The Balaban J connectivity index is 1.65. The van der Waals surface area contributed by atoms with Crippen LogP contribution in [0.4, 0.5) is 5.82 Å². The molecule has 0 aliphatic carbocycles. The predicted molar refractivity (Wildman–Crippen MR) is 78.5 cm³/mol. The van der Waals surface area contributed by atoms with Crippen molar-refractivity contribution >= 4 is 5.82 Å². The summed E-state index contributed by atoms with van der Waals surface area (Å²) in [6.45, 7) is 2.39. The fraction of sp³-hybridized carbons (Fsp3) is 0.357. The van der Waals surface area contributed by atoms with E-state index in [2.05, 4.69) is 20.6 Å². The van der Waals surface area contributed by atoms with Gasteiger partial charge in [-0.05, 0) is 24.6 Å². The number of hydrogen-bond donors (Lipinski definition) is 2. The van der Waals surface area contributed by atoms with Gasteiger partial charge in [0.05, 0.1) is 0 Å². The second-order valence-electron chi connectivity index (χ2n) is 4.51. The Hall–Kier alpha value is -2.21. The number of aryl methyl sites for hydroxylation is 1. The Morgan fingerprint density at radius 3 is 3.00 bits per heavy atom. The molecule has 106 valence electrons. The lowest BCUT2D eigenvalue weighted by Crippen LogP contribution is -2.24. The smallest absolute Gasteiger partial charge is 0.293 e. The first-order valence-corrected chi connectivity index (χ1v) is 6.62. The van der Waals surface area contributed by atoms with Gasteiger partial charge in [-0.15, -0.1) is 0 Å². The molecule has 2 N–H and O–H groups in total. The van der Waals surface area contributed by atoms with Crippen LogP contribution in [-0.4, -0.2) is 27.6 Å². The largest absolute Gasteiger partial charge is 0.365 e. The van der Waals surface area contributed by atoms with Gasteiger partial charge in [0.15, 0.2) is 5.82 Å². The Morgan fingerprint density at radius 2 is 2.20 bits per heavy atom. The van der Waals surface area contributed by atoms with Crippen molar-refractivity contribution in [2.75, 3.05) is 18.4 Å². The Labute approximate surface area is 117 Å². The molecule has 0 fully saturated rings. The summed E-state index contributed by atoms with van der Waals surface area (Å²) in [5.74, 6) is 0.405. The fourth-order valence-corrected chi connectivity index (χ4v) is 1.77. The van der Waals surface area contributed by atoms with Crippen LogP contribution < -0.4 is 16.2 Å². The first kappa shape index (κ1) is 14.2. The van der Waals surface area contributed by atoms with Crippen LogP contribution in [0.3, 0.4) is 0 Å². The average molecular weight is 273 g/mol. The van der Waals surface area contributed by atoms with Gasteiger partial charge in [0, 0.05) is 44.9 Å². The van der Waals surface area contributed by atoms with Gasteiger partial charge in [-0.2, -0.15) is 0 Å². The minimum absolute atomic E-state index is 0.101. The number of rotatable bonds is 7. The van der Waals surface area contributed by atoms with E-state index in [1.165, 1.54) is 10.1 Å². The molecule has 6 nitrogen and oxygen atoms in total. The molecule has 2 rings (SSSR count). The summed E-state index contributed by atoms with van der Waals surface area (Å²) in [6, 6.07) is 3.96. The molecule has 0 aliphatic heterocycles. The molecule has 0 saturated heterocycles. The normalized spacial score (nSPS) is 10.4. The Bertz CT molecular complexity index is 582. The van der Waals surface area contributed by atoms with Crippen molar-refractivity contribution in [3.63, 3.8) is 0 Å². The van der Waals surface area contributed by atoms with E-state index in [-0.39, 0.29) is 5.56 Å². The van der Waals surface area contributed by atoms with Crippen LogP contribution in [0.1, 0.15) is 12.0 Å². The van der Waals surface area contributed by atoms with Gasteiger partial charge in [0.25, 0.3) is 5.56 Å². The van der Waals surface area contributed by atoms with E-state index in [0.29, 0.717) is 12.4 Å². The molecule has 0 unspecified atom stereocenters. The number of aromatic nitrogens is 3. The maximum atomic E-state index is 11.7. The number of nitrogens with zero attached hydrogens (tertiary/aromatic N) is 3. The van der Waals surface area contributed by atoms with E-state index in [1.807, 2.05) is 18.3 Å². The van der Waals surface area contributed by atoms with Gasteiger partial charge in [-0.25, -0.2) is 4.98 Å². The molecule has 0 saturated carbocycles. The second-order valence-corrected chi connectivity index (χ2v) is 4.51. The molecule has 0 aliphatic rings. The lowest BCUT2D eigenvalue weighted by Gasteiger charge is -2.07. The predicted octanol–water partition coefficient (Wildman–Crippen LogP) is 0.767. The molecule has 0 amide bonds. The minimum Gasteiger partial charge on any atom is -0.365 e. The molecule has 0 bridgehead atoms. The molecule has 0 spiro atoms. The summed E-state index contributed by atoms with van der Waals surface area (Å²) in [4.78, 5) is 19.8. The van der Waals surface area contributed by atoms with E-state index in [9.17, 15) is 4.79 Å². The lowest BCUT2D eigenvalue weighted by atomic mass is 10.3. The van der Waals surface area contributed by atoms with E-state index in [0.717, 1.165) is 19.5 Å². The highest BCUT2D eigenvalue weighted by molar-refractivity contribution is 5.30. The van der Waals surface area contributed by atoms with Gasteiger partial charge in [-0.1, -0.05) is 6.07 Å². The summed E-state index contributed by atoms with van der Waals surface area (Å²) in [5, 5.41) is 6.39. The highest BCUT2D eigenvalue weighted by atomic mass is 16.1. The van der Waals surface area contributed by atoms with Crippen LogP contribution in [-0.2, 0) is 13.6 Å². The second kappa shape index (κ2) is 7.40. The van der Waals surface area contributed by atoms with Crippen LogP contribution in [0.15, 0.2) is 41.7 Å². The molecule has 2 aromatic rings. The molecule has 2 aromatic heterocycles. The van der Waals surface area contributed by atoms with E-state index >= 15 is 0 Å². The third-order valence-corrected chi connectivity index (χ3v) is 2.89. The fourth-order valence-electron chi connectivity index (χ4n) is 1.77. The van der Waals surface area contributed by atoms with Crippen molar-refractivity contribution in [1.29, 1.82) is 0 Å². The number of pyridine rings is 1. The third-order valence-electron chi connectivity index (χ3n) is 2.89. The van der Waals surface area contributed by atoms with Crippen molar-refractivity contribution in [2.45, 2.75) is 13.0 Å². The van der Waals surface area contributed by atoms with Crippen molar-refractivity contribution < 1.29 is 0 Å². The third kappa shape index (κ3) is 4.17. The van der Waals surface area contributed by atoms with Crippen molar-refractivity contribution in [3.8, 4) is 0 Å². The van der Waals surface area contributed by atoms with Gasteiger partial charge >= 0.3 is 0 Å². The first-order valence-electron chi connectivity index (χ1n) is 6.62. The highest BCUT2D eigenvalue weighted by Crippen LogP contribution is 1.95. The van der Waals surface area contributed by atoms with E-state index < -0.39 is 0 Å². The average Bonchev–Trinajstić information content (AvgIpc) is 2.48. The SMILES string of the molecule is Cn1ccnc(NCCCNCc2cccnc2)c1=O. The molecule has 2 heterocycles. The monoisotopic (exact) mass is 273 g/mol. The zero-order valence-electron chi connectivity index (χ0n) is 11.5.